The summed E-state index contributed by atoms with van der Waals surface area (Å²) in [5.41, 5.74) is 0. The Hall–Kier alpha value is -2.01. The van der Waals surface area contributed by atoms with Gasteiger partial charge in [0.1, 0.15) is 11.9 Å². The molecule has 1 saturated heterocycles. The topological polar surface area (TPSA) is 40.1 Å². The van der Waals surface area contributed by atoms with Crippen LogP contribution in [0.15, 0.2) is 47.5 Å². The van der Waals surface area contributed by atoms with Crippen molar-refractivity contribution < 1.29 is 4.74 Å². The zero-order valence-electron chi connectivity index (χ0n) is 15.4. The Kier molecular flexibility index (Phi) is 6.34. The van der Waals surface area contributed by atoms with E-state index in [0.717, 1.165) is 50.9 Å². The number of rotatable bonds is 6. The van der Waals surface area contributed by atoms with Gasteiger partial charge in [-0.1, -0.05) is 37.3 Å². The smallest absolute Gasteiger partial charge is 0.193 e. The molecule has 0 aromatic heterocycles. The van der Waals surface area contributed by atoms with Crippen LogP contribution in [-0.2, 0) is 0 Å². The van der Waals surface area contributed by atoms with E-state index in [1.54, 1.807) is 0 Å². The van der Waals surface area contributed by atoms with Crippen molar-refractivity contribution in [2.75, 3.05) is 39.8 Å². The molecule has 5 heteroatoms. The average Bonchev–Trinajstić information content (AvgIpc) is 3.33. The lowest BCUT2D eigenvalue weighted by Crippen LogP contribution is -2.45. The molecule has 1 fully saturated rings. The van der Waals surface area contributed by atoms with Crippen molar-refractivity contribution in [3.05, 3.63) is 42.5 Å². The molecular formula is C20H30N4O. The highest BCUT2D eigenvalue weighted by molar-refractivity contribution is 5.80. The van der Waals surface area contributed by atoms with E-state index in [1.165, 1.54) is 6.42 Å². The van der Waals surface area contributed by atoms with Crippen LogP contribution in [0, 0.1) is 0 Å². The van der Waals surface area contributed by atoms with Crippen molar-refractivity contribution in [2.45, 2.75) is 31.9 Å². The van der Waals surface area contributed by atoms with E-state index >= 15 is 0 Å². The van der Waals surface area contributed by atoms with Crippen molar-refractivity contribution in [3.8, 4) is 5.75 Å². The van der Waals surface area contributed by atoms with Crippen LogP contribution in [0.3, 0.4) is 0 Å². The Balaban J connectivity index is 1.48. The van der Waals surface area contributed by atoms with E-state index in [-0.39, 0.29) is 6.10 Å². The summed E-state index contributed by atoms with van der Waals surface area (Å²) in [6, 6.07) is 10.7. The van der Waals surface area contributed by atoms with Crippen LogP contribution < -0.4 is 10.1 Å². The van der Waals surface area contributed by atoms with Gasteiger partial charge in [0.05, 0.1) is 6.54 Å². The Morgan fingerprint density at radius 2 is 2.04 bits per heavy atom. The lowest BCUT2D eigenvalue weighted by molar-refractivity contribution is 0.198. The van der Waals surface area contributed by atoms with E-state index in [9.17, 15) is 0 Å². The monoisotopic (exact) mass is 342 g/mol. The van der Waals surface area contributed by atoms with E-state index in [1.807, 2.05) is 37.4 Å². The molecule has 0 spiro atoms. The number of aliphatic imine (C=N–C) groups is 1. The molecule has 25 heavy (non-hydrogen) atoms. The first-order valence-corrected chi connectivity index (χ1v) is 9.36. The minimum atomic E-state index is 0.139. The van der Waals surface area contributed by atoms with Crippen LogP contribution in [0.2, 0.25) is 0 Å². The summed E-state index contributed by atoms with van der Waals surface area (Å²) in [5.74, 6) is 1.92. The van der Waals surface area contributed by atoms with Gasteiger partial charge in [-0.05, 0) is 25.0 Å². The molecule has 3 rings (SSSR count). The number of likely N-dealkylation sites (tertiary alicyclic amines) is 1. The van der Waals surface area contributed by atoms with Crippen LogP contribution in [0.5, 0.6) is 5.75 Å². The summed E-state index contributed by atoms with van der Waals surface area (Å²) < 4.78 is 6.07. The number of nitrogens with one attached hydrogen (secondary N) is 1. The van der Waals surface area contributed by atoms with E-state index in [0.29, 0.717) is 6.04 Å². The normalized spacial score (nSPS) is 22.4. The van der Waals surface area contributed by atoms with Crippen LogP contribution >= 0.6 is 0 Å². The predicted molar refractivity (Wildman–Crippen MR) is 103 cm³/mol. The van der Waals surface area contributed by atoms with Crippen LogP contribution in [-0.4, -0.2) is 67.7 Å². The highest BCUT2D eigenvalue weighted by Crippen LogP contribution is 2.18. The lowest BCUT2D eigenvalue weighted by Gasteiger charge is -2.26. The van der Waals surface area contributed by atoms with Crippen molar-refractivity contribution >= 4 is 5.96 Å². The largest absolute Gasteiger partial charge is 0.489 e. The molecule has 2 heterocycles. The molecule has 1 aromatic carbocycles. The molecule has 0 aliphatic carbocycles. The summed E-state index contributed by atoms with van der Waals surface area (Å²) in [7, 11) is 1.87. The summed E-state index contributed by atoms with van der Waals surface area (Å²) in [5, 5.41) is 3.51. The number of nitrogens with zero attached hydrogens (tertiary/aromatic N) is 3. The summed E-state index contributed by atoms with van der Waals surface area (Å²) >= 11 is 0. The molecule has 0 saturated carbocycles. The molecule has 2 unspecified atom stereocenters. The predicted octanol–water partition coefficient (Wildman–Crippen LogP) is 2.37. The van der Waals surface area contributed by atoms with Crippen LogP contribution in [0.4, 0.5) is 0 Å². The Labute approximate surface area is 151 Å². The maximum absolute atomic E-state index is 6.07. The molecule has 1 N–H and O–H groups in total. The molecule has 136 valence electrons. The van der Waals surface area contributed by atoms with Crippen molar-refractivity contribution in [2.24, 2.45) is 4.99 Å². The maximum atomic E-state index is 6.07. The van der Waals surface area contributed by atoms with Gasteiger partial charge in [0.2, 0.25) is 0 Å². The Bertz CT molecular complexity index is 579. The zero-order chi connectivity index (χ0) is 17.5. The molecule has 2 aliphatic heterocycles. The van der Waals surface area contributed by atoms with Gasteiger partial charge in [0.15, 0.2) is 5.96 Å². The molecule has 5 nitrogen and oxygen atoms in total. The Morgan fingerprint density at radius 1 is 1.28 bits per heavy atom. The van der Waals surface area contributed by atoms with E-state index in [2.05, 4.69) is 39.2 Å². The van der Waals surface area contributed by atoms with Gasteiger partial charge >= 0.3 is 0 Å². The van der Waals surface area contributed by atoms with Gasteiger partial charge in [-0.3, -0.25) is 9.89 Å². The van der Waals surface area contributed by atoms with Crippen molar-refractivity contribution in [1.82, 2.24) is 15.1 Å². The summed E-state index contributed by atoms with van der Waals surface area (Å²) in [6.45, 7) is 7.23. The zero-order valence-corrected chi connectivity index (χ0v) is 15.4. The molecule has 0 bridgehead atoms. The van der Waals surface area contributed by atoms with Gasteiger partial charge in [-0.25, -0.2) is 0 Å². The SMILES string of the molecule is CCC(CNC(=NC)N1CCC(N2CC=CC2)C1)Oc1ccccc1. The van der Waals surface area contributed by atoms with Crippen LogP contribution in [0.25, 0.3) is 0 Å². The molecule has 2 aliphatic rings. The summed E-state index contributed by atoms with van der Waals surface area (Å²) in [6.07, 6.45) is 6.84. The number of guanidine groups is 1. The average molecular weight is 342 g/mol. The third-order valence-electron chi connectivity index (χ3n) is 5.03. The number of ether oxygens (including phenoxy) is 1. The first kappa shape index (κ1) is 17.8. The van der Waals surface area contributed by atoms with Gasteiger partial charge < -0.3 is 15.0 Å². The number of hydrogen-bond acceptors (Lipinski definition) is 3. The molecular weight excluding hydrogens is 312 g/mol. The number of benzene rings is 1. The third-order valence-corrected chi connectivity index (χ3v) is 5.03. The highest BCUT2D eigenvalue weighted by atomic mass is 16.5. The third kappa shape index (κ3) is 4.75. The minimum Gasteiger partial charge on any atom is -0.489 e. The second kappa shape index (κ2) is 8.90. The standard InChI is InChI=1S/C20H30N4O/c1-3-18(25-19-9-5-4-6-10-19)15-22-20(21-2)24-14-11-17(16-24)23-12-7-8-13-23/h4-10,17-18H,3,11-16H2,1-2H3,(H,21,22). The van der Waals surface area contributed by atoms with Gasteiger partial charge in [0, 0.05) is 39.3 Å². The first-order chi connectivity index (χ1) is 12.3. The fourth-order valence-electron chi connectivity index (χ4n) is 3.52. The quantitative estimate of drug-likeness (QED) is 0.489. The second-order valence-electron chi connectivity index (χ2n) is 6.70. The number of hydrogen-bond donors (Lipinski definition) is 1. The first-order valence-electron chi connectivity index (χ1n) is 9.36. The second-order valence-corrected chi connectivity index (χ2v) is 6.70. The van der Waals surface area contributed by atoms with E-state index < -0.39 is 0 Å². The maximum Gasteiger partial charge on any atom is 0.193 e. The van der Waals surface area contributed by atoms with Crippen molar-refractivity contribution in [1.29, 1.82) is 0 Å². The molecule has 2 atom stereocenters. The fraction of sp³-hybridized carbons (Fsp3) is 0.550. The van der Waals surface area contributed by atoms with Crippen LogP contribution in [0.1, 0.15) is 19.8 Å². The van der Waals surface area contributed by atoms with Crippen molar-refractivity contribution in [3.63, 3.8) is 0 Å². The van der Waals surface area contributed by atoms with Gasteiger partial charge in [-0.2, -0.15) is 0 Å². The number of para-hydroxylation sites is 1. The van der Waals surface area contributed by atoms with E-state index in [4.69, 9.17) is 4.74 Å². The molecule has 0 radical (unpaired) electrons. The minimum absolute atomic E-state index is 0.139. The Morgan fingerprint density at radius 3 is 2.72 bits per heavy atom. The molecule has 1 aromatic rings. The highest BCUT2D eigenvalue weighted by Gasteiger charge is 2.29. The van der Waals surface area contributed by atoms with Gasteiger partial charge in [-0.15, -0.1) is 0 Å². The fourth-order valence-corrected chi connectivity index (χ4v) is 3.52. The van der Waals surface area contributed by atoms with Gasteiger partial charge in [0.25, 0.3) is 0 Å². The molecule has 0 amide bonds. The lowest BCUT2D eigenvalue weighted by atomic mass is 10.2. The summed E-state index contributed by atoms with van der Waals surface area (Å²) in [4.78, 5) is 9.40.